The first-order valence-electron chi connectivity index (χ1n) is 5.13. The van der Waals surface area contributed by atoms with Gasteiger partial charge in [0, 0.05) is 25.8 Å². The second-order valence-corrected chi connectivity index (χ2v) is 4.20. The topological polar surface area (TPSA) is 49.2 Å². The van der Waals surface area contributed by atoms with Gasteiger partial charge in [-0.1, -0.05) is 11.6 Å². The molecular weight excluding hydrogens is 214 g/mol. The van der Waals surface area contributed by atoms with Crippen LogP contribution in [0.4, 0.5) is 5.82 Å². The molecule has 1 unspecified atom stereocenters. The van der Waals surface area contributed by atoms with Crippen LogP contribution in [0.3, 0.4) is 0 Å². The molecule has 82 valence electrons. The Morgan fingerprint density at radius 3 is 3.13 bits per heavy atom. The Morgan fingerprint density at radius 1 is 1.53 bits per heavy atom. The minimum absolute atomic E-state index is 0.267. The van der Waals surface area contributed by atoms with E-state index in [4.69, 9.17) is 16.7 Å². The van der Waals surface area contributed by atoms with Gasteiger partial charge in [0.15, 0.2) is 0 Å². The van der Waals surface area contributed by atoms with E-state index in [1.165, 1.54) is 6.33 Å². The molecule has 5 heteroatoms. The molecule has 1 atom stereocenters. The standard InChI is InChI=1S/C10H14ClN3O/c11-9-5-10(13-7-12-9)14-3-1-8(6-14)2-4-15/h5,7-8,15H,1-4,6H2. The van der Waals surface area contributed by atoms with Crippen molar-refractivity contribution in [3.63, 3.8) is 0 Å². The van der Waals surface area contributed by atoms with Gasteiger partial charge in [-0.3, -0.25) is 0 Å². The molecule has 0 amide bonds. The van der Waals surface area contributed by atoms with Crippen molar-refractivity contribution in [3.8, 4) is 0 Å². The van der Waals surface area contributed by atoms with Crippen molar-refractivity contribution in [3.05, 3.63) is 17.5 Å². The molecule has 0 bridgehead atoms. The van der Waals surface area contributed by atoms with E-state index in [1.807, 2.05) is 0 Å². The maximum atomic E-state index is 8.86. The summed E-state index contributed by atoms with van der Waals surface area (Å²) >= 11 is 5.80. The Balaban J connectivity index is 2.01. The zero-order valence-corrected chi connectivity index (χ0v) is 9.19. The Morgan fingerprint density at radius 2 is 2.40 bits per heavy atom. The maximum Gasteiger partial charge on any atom is 0.134 e. The highest BCUT2D eigenvalue weighted by Crippen LogP contribution is 2.24. The van der Waals surface area contributed by atoms with Crippen molar-refractivity contribution in [2.45, 2.75) is 12.8 Å². The molecule has 0 aromatic carbocycles. The maximum absolute atomic E-state index is 8.86. The van der Waals surface area contributed by atoms with Gasteiger partial charge < -0.3 is 10.0 Å². The van der Waals surface area contributed by atoms with Gasteiger partial charge in [-0.15, -0.1) is 0 Å². The average molecular weight is 228 g/mol. The Labute approximate surface area is 93.9 Å². The van der Waals surface area contributed by atoms with Crippen LogP contribution in [-0.4, -0.2) is 34.8 Å². The van der Waals surface area contributed by atoms with Crippen LogP contribution in [0.1, 0.15) is 12.8 Å². The predicted molar refractivity (Wildman–Crippen MR) is 59.1 cm³/mol. The van der Waals surface area contributed by atoms with Crippen molar-refractivity contribution in [1.82, 2.24) is 9.97 Å². The fourth-order valence-corrected chi connectivity index (χ4v) is 2.10. The largest absolute Gasteiger partial charge is 0.396 e. The normalized spacial score (nSPS) is 20.9. The number of aliphatic hydroxyl groups is 1. The van der Waals surface area contributed by atoms with Gasteiger partial charge in [0.1, 0.15) is 17.3 Å². The summed E-state index contributed by atoms with van der Waals surface area (Å²) in [6.07, 6.45) is 3.47. The molecule has 1 N–H and O–H groups in total. The first kappa shape index (κ1) is 10.6. The van der Waals surface area contributed by atoms with Gasteiger partial charge in [-0.2, -0.15) is 0 Å². The van der Waals surface area contributed by atoms with Crippen LogP contribution in [0, 0.1) is 5.92 Å². The van der Waals surface area contributed by atoms with Crippen molar-refractivity contribution < 1.29 is 5.11 Å². The average Bonchev–Trinajstić information content (AvgIpc) is 2.67. The fraction of sp³-hybridized carbons (Fsp3) is 0.600. The molecule has 1 aliphatic rings. The molecule has 0 spiro atoms. The fourth-order valence-electron chi connectivity index (χ4n) is 1.96. The van der Waals surface area contributed by atoms with Gasteiger partial charge in [0.05, 0.1) is 0 Å². The monoisotopic (exact) mass is 227 g/mol. The molecule has 2 heterocycles. The molecule has 1 aromatic rings. The van der Waals surface area contributed by atoms with Crippen molar-refractivity contribution in [1.29, 1.82) is 0 Å². The second-order valence-electron chi connectivity index (χ2n) is 3.81. The SMILES string of the molecule is OCCC1CCN(c2cc(Cl)ncn2)C1. The lowest BCUT2D eigenvalue weighted by atomic mass is 10.1. The Hall–Kier alpha value is -0.870. The number of halogens is 1. The van der Waals surface area contributed by atoms with Gasteiger partial charge >= 0.3 is 0 Å². The molecule has 0 saturated carbocycles. The number of aliphatic hydroxyl groups excluding tert-OH is 1. The molecular formula is C10H14ClN3O. The van der Waals surface area contributed by atoms with Crippen LogP contribution < -0.4 is 4.90 Å². The zero-order valence-electron chi connectivity index (χ0n) is 8.43. The summed E-state index contributed by atoms with van der Waals surface area (Å²) in [4.78, 5) is 10.2. The van der Waals surface area contributed by atoms with E-state index in [1.54, 1.807) is 6.07 Å². The van der Waals surface area contributed by atoms with Crippen LogP contribution in [0.25, 0.3) is 0 Å². The predicted octanol–water partition coefficient (Wildman–Crippen LogP) is 1.34. The molecule has 1 aromatic heterocycles. The first-order chi connectivity index (χ1) is 7.29. The van der Waals surface area contributed by atoms with Gasteiger partial charge in [0.2, 0.25) is 0 Å². The van der Waals surface area contributed by atoms with Crippen molar-refractivity contribution >= 4 is 17.4 Å². The molecule has 1 fully saturated rings. The second kappa shape index (κ2) is 4.77. The number of rotatable bonds is 3. The van der Waals surface area contributed by atoms with E-state index in [0.29, 0.717) is 11.1 Å². The van der Waals surface area contributed by atoms with E-state index >= 15 is 0 Å². The molecule has 0 aliphatic carbocycles. The summed E-state index contributed by atoms with van der Waals surface area (Å²) in [6.45, 7) is 2.20. The van der Waals surface area contributed by atoms with Crippen LogP contribution in [0.2, 0.25) is 5.15 Å². The zero-order chi connectivity index (χ0) is 10.7. The minimum Gasteiger partial charge on any atom is -0.396 e. The third kappa shape index (κ3) is 2.58. The Kier molecular flexibility index (Phi) is 3.38. The van der Waals surface area contributed by atoms with Gasteiger partial charge in [-0.25, -0.2) is 9.97 Å². The highest BCUT2D eigenvalue weighted by Gasteiger charge is 2.22. The van der Waals surface area contributed by atoms with E-state index < -0.39 is 0 Å². The summed E-state index contributed by atoms with van der Waals surface area (Å²) in [7, 11) is 0. The number of hydrogen-bond acceptors (Lipinski definition) is 4. The quantitative estimate of drug-likeness (QED) is 0.792. The first-order valence-corrected chi connectivity index (χ1v) is 5.50. The van der Waals surface area contributed by atoms with Gasteiger partial charge in [-0.05, 0) is 18.8 Å². The highest BCUT2D eigenvalue weighted by molar-refractivity contribution is 6.29. The van der Waals surface area contributed by atoms with E-state index in [9.17, 15) is 0 Å². The van der Waals surface area contributed by atoms with Crippen LogP contribution in [0.5, 0.6) is 0 Å². The third-order valence-corrected chi connectivity index (χ3v) is 2.97. The summed E-state index contributed by atoms with van der Waals surface area (Å²) in [6, 6.07) is 1.78. The van der Waals surface area contributed by atoms with Gasteiger partial charge in [0.25, 0.3) is 0 Å². The summed E-state index contributed by atoms with van der Waals surface area (Å²) in [5.41, 5.74) is 0. The molecule has 0 radical (unpaired) electrons. The van der Waals surface area contributed by atoms with E-state index in [-0.39, 0.29) is 6.61 Å². The molecule has 1 saturated heterocycles. The molecule has 2 rings (SSSR count). The number of nitrogens with zero attached hydrogens (tertiary/aromatic N) is 3. The summed E-state index contributed by atoms with van der Waals surface area (Å²) < 4.78 is 0. The molecule has 15 heavy (non-hydrogen) atoms. The number of hydrogen-bond donors (Lipinski definition) is 1. The van der Waals surface area contributed by atoms with E-state index in [0.717, 1.165) is 31.7 Å². The summed E-state index contributed by atoms with van der Waals surface area (Å²) in [5, 5.41) is 9.34. The summed E-state index contributed by atoms with van der Waals surface area (Å²) in [5.74, 6) is 1.46. The smallest absolute Gasteiger partial charge is 0.134 e. The number of anilines is 1. The number of aromatic nitrogens is 2. The van der Waals surface area contributed by atoms with E-state index in [2.05, 4.69) is 14.9 Å². The Bertz CT molecular complexity index is 334. The third-order valence-electron chi connectivity index (χ3n) is 2.77. The van der Waals surface area contributed by atoms with Crippen LogP contribution in [-0.2, 0) is 0 Å². The minimum atomic E-state index is 0.267. The molecule has 1 aliphatic heterocycles. The van der Waals surface area contributed by atoms with Crippen molar-refractivity contribution in [2.75, 3.05) is 24.6 Å². The molecule has 4 nitrogen and oxygen atoms in total. The lowest BCUT2D eigenvalue weighted by Crippen LogP contribution is -2.21. The lowest BCUT2D eigenvalue weighted by molar-refractivity contribution is 0.263. The lowest BCUT2D eigenvalue weighted by Gasteiger charge is -2.16. The van der Waals surface area contributed by atoms with Crippen LogP contribution in [0.15, 0.2) is 12.4 Å². The van der Waals surface area contributed by atoms with Crippen LogP contribution >= 0.6 is 11.6 Å². The highest BCUT2D eigenvalue weighted by atomic mass is 35.5. The van der Waals surface area contributed by atoms with Crippen molar-refractivity contribution in [2.24, 2.45) is 5.92 Å².